The molecule has 2 aliphatic carbocycles. The first kappa shape index (κ1) is 13.3. The van der Waals surface area contributed by atoms with Gasteiger partial charge < -0.3 is 10.1 Å². The number of fused-ring (bicyclic) bond motifs is 1. The van der Waals surface area contributed by atoms with E-state index in [0.29, 0.717) is 6.54 Å². The highest BCUT2D eigenvalue weighted by molar-refractivity contribution is 9.09. The van der Waals surface area contributed by atoms with Crippen molar-refractivity contribution in [3.63, 3.8) is 0 Å². The number of carbonyl (C=O) groups is 2. The largest absolute Gasteiger partial charge is 0.461 e. The fourth-order valence-corrected chi connectivity index (χ4v) is 5.28. The molecular weight excluding hydrogens is 334 g/mol. The van der Waals surface area contributed by atoms with Gasteiger partial charge >= 0.3 is 5.97 Å². The number of benzene rings is 1. The zero-order valence-corrected chi connectivity index (χ0v) is 13.0. The van der Waals surface area contributed by atoms with Crippen molar-refractivity contribution < 1.29 is 14.3 Å². The summed E-state index contributed by atoms with van der Waals surface area (Å²) in [5, 5.41) is 2.98. The minimum atomic E-state index is -0.241. The summed E-state index contributed by atoms with van der Waals surface area (Å²) in [5.74, 6) is -0.238. The Morgan fingerprint density at radius 1 is 1.29 bits per heavy atom. The topological polar surface area (TPSA) is 55.4 Å². The van der Waals surface area contributed by atoms with E-state index in [9.17, 15) is 9.59 Å². The van der Waals surface area contributed by atoms with E-state index >= 15 is 0 Å². The van der Waals surface area contributed by atoms with Crippen molar-refractivity contribution in [1.82, 2.24) is 5.32 Å². The van der Waals surface area contributed by atoms with Crippen LogP contribution in [0.25, 0.3) is 0 Å². The summed E-state index contributed by atoms with van der Waals surface area (Å²) in [5.41, 5.74) is 1.07. The van der Waals surface area contributed by atoms with Gasteiger partial charge in [-0.2, -0.15) is 0 Å². The Hall–Kier alpha value is -1.36. The molecular formula is C16H16BrNO3. The molecule has 1 aliphatic heterocycles. The summed E-state index contributed by atoms with van der Waals surface area (Å²) in [6, 6.07) is 9.81. The van der Waals surface area contributed by atoms with Gasteiger partial charge in [-0.15, -0.1) is 0 Å². The maximum atomic E-state index is 12.5. The van der Waals surface area contributed by atoms with E-state index in [4.69, 9.17) is 4.74 Å². The molecule has 0 spiro atoms. The van der Waals surface area contributed by atoms with Crippen LogP contribution in [0.15, 0.2) is 30.3 Å². The number of nitrogens with one attached hydrogen (secondary N) is 1. The monoisotopic (exact) mass is 349 g/mol. The van der Waals surface area contributed by atoms with Crippen LogP contribution in [0, 0.1) is 23.7 Å². The molecule has 0 aromatic heterocycles. The van der Waals surface area contributed by atoms with Gasteiger partial charge in [-0.25, -0.2) is 0 Å². The third-order valence-electron chi connectivity index (χ3n) is 5.14. The second kappa shape index (κ2) is 4.83. The lowest BCUT2D eigenvalue weighted by Crippen LogP contribution is -2.43. The molecule has 21 heavy (non-hydrogen) atoms. The molecule has 3 fully saturated rings. The fourth-order valence-electron chi connectivity index (χ4n) is 4.23. The van der Waals surface area contributed by atoms with Crippen molar-refractivity contribution in [1.29, 1.82) is 0 Å². The average Bonchev–Trinajstić information content (AvgIpc) is 3.10. The van der Waals surface area contributed by atoms with Gasteiger partial charge in [0, 0.05) is 12.5 Å². The quantitative estimate of drug-likeness (QED) is 0.669. The highest BCUT2D eigenvalue weighted by atomic mass is 79.9. The van der Waals surface area contributed by atoms with E-state index in [1.807, 2.05) is 30.3 Å². The number of amides is 1. The smallest absolute Gasteiger partial charge is 0.310 e. The van der Waals surface area contributed by atoms with Crippen LogP contribution in [-0.4, -0.2) is 22.8 Å². The third-order valence-corrected chi connectivity index (χ3v) is 6.34. The van der Waals surface area contributed by atoms with Crippen LogP contribution in [0.2, 0.25) is 0 Å². The van der Waals surface area contributed by atoms with Gasteiger partial charge in [-0.05, 0) is 17.9 Å². The molecule has 3 aliphatic rings. The number of carbonyl (C=O) groups excluding carboxylic acids is 2. The molecule has 2 bridgehead atoms. The number of hydrogen-bond donors (Lipinski definition) is 1. The molecule has 2 saturated carbocycles. The van der Waals surface area contributed by atoms with E-state index < -0.39 is 0 Å². The van der Waals surface area contributed by atoms with Crippen LogP contribution >= 0.6 is 15.9 Å². The summed E-state index contributed by atoms with van der Waals surface area (Å²) < 4.78 is 5.43. The zero-order valence-electron chi connectivity index (χ0n) is 11.4. The second-order valence-electron chi connectivity index (χ2n) is 6.16. The average molecular weight is 350 g/mol. The second-order valence-corrected chi connectivity index (χ2v) is 7.22. The molecule has 4 rings (SSSR count). The van der Waals surface area contributed by atoms with Crippen LogP contribution in [0.5, 0.6) is 0 Å². The first-order valence-corrected chi connectivity index (χ1v) is 8.24. The van der Waals surface area contributed by atoms with Crippen molar-refractivity contribution in [2.75, 3.05) is 0 Å². The molecule has 1 heterocycles. The van der Waals surface area contributed by atoms with Gasteiger partial charge in [0.25, 0.3) is 0 Å². The fraction of sp³-hybridized carbons (Fsp3) is 0.500. The number of esters is 1. The Morgan fingerprint density at radius 2 is 2.05 bits per heavy atom. The summed E-state index contributed by atoms with van der Waals surface area (Å²) in [6.07, 6.45) is 0.895. The van der Waals surface area contributed by atoms with E-state index in [1.54, 1.807) is 0 Å². The van der Waals surface area contributed by atoms with Gasteiger partial charge in [0.1, 0.15) is 6.10 Å². The van der Waals surface area contributed by atoms with Crippen LogP contribution in [-0.2, 0) is 20.9 Å². The van der Waals surface area contributed by atoms with Gasteiger partial charge in [0.05, 0.1) is 16.7 Å². The number of ether oxygens (including phenoxy) is 1. The van der Waals surface area contributed by atoms with Crippen molar-refractivity contribution in [2.24, 2.45) is 23.7 Å². The summed E-state index contributed by atoms with van der Waals surface area (Å²) >= 11 is 3.62. The van der Waals surface area contributed by atoms with Crippen LogP contribution in [0.3, 0.4) is 0 Å². The van der Waals surface area contributed by atoms with Crippen LogP contribution < -0.4 is 5.32 Å². The van der Waals surface area contributed by atoms with Crippen LogP contribution in [0.1, 0.15) is 12.0 Å². The minimum absolute atomic E-state index is 0.0156. The first-order valence-electron chi connectivity index (χ1n) is 7.33. The minimum Gasteiger partial charge on any atom is -0.461 e. The Balaban J connectivity index is 1.49. The van der Waals surface area contributed by atoms with E-state index in [2.05, 4.69) is 21.2 Å². The normalized spacial score (nSPS) is 39.4. The SMILES string of the molecule is O=C(NCc1ccccc1)[C@H]1[C@H]2C[C@H]3[C@H](OC(=O)[C@@H]31)[C@@H]2Br. The van der Waals surface area contributed by atoms with Gasteiger partial charge in [-0.3, -0.25) is 9.59 Å². The highest BCUT2D eigenvalue weighted by Crippen LogP contribution is 2.59. The summed E-state index contributed by atoms with van der Waals surface area (Å²) in [6.45, 7) is 0.506. The summed E-state index contributed by atoms with van der Waals surface area (Å²) in [7, 11) is 0. The maximum absolute atomic E-state index is 12.5. The summed E-state index contributed by atoms with van der Waals surface area (Å²) in [4.78, 5) is 24.7. The van der Waals surface area contributed by atoms with E-state index in [1.165, 1.54) is 0 Å². The predicted octanol–water partition coefficient (Wildman–Crippen LogP) is 1.87. The molecule has 110 valence electrons. The maximum Gasteiger partial charge on any atom is 0.310 e. The van der Waals surface area contributed by atoms with Gasteiger partial charge in [-0.1, -0.05) is 46.3 Å². The first-order chi connectivity index (χ1) is 10.2. The van der Waals surface area contributed by atoms with E-state index in [-0.39, 0.29) is 46.5 Å². The lowest BCUT2D eigenvalue weighted by atomic mass is 9.79. The lowest BCUT2D eigenvalue weighted by molar-refractivity contribution is -0.145. The zero-order chi connectivity index (χ0) is 14.6. The Labute approximate surface area is 131 Å². The Bertz CT molecular complexity index is 590. The third kappa shape index (κ3) is 1.94. The molecule has 1 amide bonds. The Kier molecular flexibility index (Phi) is 3.06. The van der Waals surface area contributed by atoms with Gasteiger partial charge in [0.15, 0.2) is 0 Å². The molecule has 1 aromatic rings. The van der Waals surface area contributed by atoms with Crippen molar-refractivity contribution in [3.8, 4) is 0 Å². The van der Waals surface area contributed by atoms with Crippen molar-refractivity contribution >= 4 is 27.8 Å². The standard InChI is InChI=1S/C16H16BrNO3/c17-13-9-6-10-12(16(20)21-14(10)13)11(9)15(19)18-7-8-4-2-1-3-5-8/h1-5,9-14H,6-7H2,(H,18,19)/t9-,10-,11+,12+,13-,14+/m1/s1. The molecule has 0 radical (unpaired) electrons. The molecule has 1 N–H and O–H groups in total. The molecule has 1 aromatic carbocycles. The van der Waals surface area contributed by atoms with Gasteiger partial charge in [0.2, 0.25) is 5.91 Å². The molecule has 1 saturated heterocycles. The number of alkyl halides is 1. The molecule has 6 atom stereocenters. The van der Waals surface area contributed by atoms with Crippen LogP contribution in [0.4, 0.5) is 0 Å². The lowest BCUT2D eigenvalue weighted by Gasteiger charge is -2.27. The number of halogens is 1. The molecule has 4 nitrogen and oxygen atoms in total. The number of rotatable bonds is 3. The molecule has 0 unspecified atom stereocenters. The molecule has 5 heteroatoms. The van der Waals surface area contributed by atoms with Crippen molar-refractivity contribution in [2.45, 2.75) is 23.9 Å². The number of hydrogen-bond acceptors (Lipinski definition) is 3. The predicted molar refractivity (Wildman–Crippen MR) is 79.5 cm³/mol. The Morgan fingerprint density at radius 3 is 2.81 bits per heavy atom. The highest BCUT2D eigenvalue weighted by Gasteiger charge is 2.67. The van der Waals surface area contributed by atoms with E-state index in [0.717, 1.165) is 12.0 Å². The van der Waals surface area contributed by atoms with Crippen molar-refractivity contribution in [3.05, 3.63) is 35.9 Å².